The number of rotatable bonds is 8. The van der Waals surface area contributed by atoms with E-state index < -0.39 is 0 Å². The van der Waals surface area contributed by atoms with Crippen molar-refractivity contribution >= 4 is 33.2 Å². The molecule has 7 nitrogen and oxygen atoms in total. The van der Waals surface area contributed by atoms with Crippen molar-refractivity contribution in [1.29, 1.82) is 0 Å². The number of hydrogen-bond donors (Lipinski definition) is 1. The minimum Gasteiger partial charge on any atom is -0.365 e. The monoisotopic (exact) mass is 480 g/mol. The molecule has 0 bridgehead atoms. The molecule has 8 heteroatoms. The molecule has 3 aromatic rings. The number of benzene rings is 1. The molecule has 0 spiro atoms. The number of nitrogens with zero attached hydrogens (tertiary/aromatic N) is 5. The van der Waals surface area contributed by atoms with Crippen molar-refractivity contribution in [3.8, 4) is 11.3 Å². The molecular formula is C26H36N6OS. The highest BCUT2D eigenvalue weighted by molar-refractivity contribution is 7.20. The van der Waals surface area contributed by atoms with Gasteiger partial charge in [-0.1, -0.05) is 68.7 Å². The van der Waals surface area contributed by atoms with Crippen LogP contribution in [0.3, 0.4) is 0 Å². The summed E-state index contributed by atoms with van der Waals surface area (Å²) in [5.41, 5.74) is 3.46. The van der Waals surface area contributed by atoms with Gasteiger partial charge in [-0.15, -0.1) is 5.10 Å². The predicted molar refractivity (Wildman–Crippen MR) is 140 cm³/mol. The summed E-state index contributed by atoms with van der Waals surface area (Å²) in [5, 5.41) is 9.79. The SMILES string of the molecule is CCCCC(=O)N1CCN(c2nn3c(NC4CCCC4)c(-c4ccc(CC)cc4)nc3s2)CC1. The third-order valence-corrected chi connectivity index (χ3v) is 8.14. The Balaban J connectivity index is 1.38. The highest BCUT2D eigenvalue weighted by Gasteiger charge is 2.26. The standard InChI is InChI=1S/C26H36N6OS/c1-3-5-10-22(33)30-15-17-31(18-16-30)26-29-32-24(27-21-8-6-7-9-21)23(28-25(32)34-26)20-13-11-19(4-2)12-14-20/h11-14,21,27H,3-10,15-18H2,1-2H3. The Bertz CT molecular complexity index is 1110. The lowest BCUT2D eigenvalue weighted by molar-refractivity contribution is -0.131. The molecule has 0 radical (unpaired) electrons. The summed E-state index contributed by atoms with van der Waals surface area (Å²) in [6.07, 6.45) is 8.70. The lowest BCUT2D eigenvalue weighted by Gasteiger charge is -2.34. The van der Waals surface area contributed by atoms with Crippen molar-refractivity contribution in [2.45, 2.75) is 71.3 Å². The number of piperazine rings is 1. The van der Waals surface area contributed by atoms with E-state index in [1.165, 1.54) is 31.2 Å². The van der Waals surface area contributed by atoms with Gasteiger partial charge in [-0.05, 0) is 31.2 Å². The number of aryl methyl sites for hydroxylation is 1. The summed E-state index contributed by atoms with van der Waals surface area (Å²) in [6, 6.07) is 9.24. The number of hydrogen-bond acceptors (Lipinski definition) is 6. The molecule has 1 N–H and O–H groups in total. The largest absolute Gasteiger partial charge is 0.365 e. The van der Waals surface area contributed by atoms with E-state index >= 15 is 0 Å². The fourth-order valence-electron chi connectivity index (χ4n) is 4.99. The van der Waals surface area contributed by atoms with Crippen LogP contribution in [0, 0.1) is 0 Å². The molecule has 3 heterocycles. The van der Waals surface area contributed by atoms with Gasteiger partial charge in [0.2, 0.25) is 16.0 Å². The zero-order valence-corrected chi connectivity index (χ0v) is 21.2. The Labute approximate surface area is 206 Å². The Kier molecular flexibility index (Phi) is 7.04. The lowest BCUT2D eigenvalue weighted by atomic mass is 10.1. The van der Waals surface area contributed by atoms with Gasteiger partial charge in [0.25, 0.3) is 0 Å². The number of aromatic nitrogens is 3. The maximum absolute atomic E-state index is 12.4. The van der Waals surface area contributed by atoms with Crippen LogP contribution < -0.4 is 10.2 Å². The molecule has 5 rings (SSSR count). The first-order valence-electron chi connectivity index (χ1n) is 12.9. The molecule has 0 unspecified atom stereocenters. The average Bonchev–Trinajstić information content (AvgIpc) is 3.61. The summed E-state index contributed by atoms with van der Waals surface area (Å²) < 4.78 is 2.01. The van der Waals surface area contributed by atoms with Crippen molar-refractivity contribution in [2.75, 3.05) is 36.4 Å². The van der Waals surface area contributed by atoms with Gasteiger partial charge in [0, 0.05) is 44.2 Å². The normalized spacial score (nSPS) is 17.1. The zero-order valence-electron chi connectivity index (χ0n) is 20.4. The van der Waals surface area contributed by atoms with Gasteiger partial charge in [0.05, 0.1) is 0 Å². The Morgan fingerprint density at radius 1 is 1.09 bits per heavy atom. The highest BCUT2D eigenvalue weighted by atomic mass is 32.1. The summed E-state index contributed by atoms with van der Waals surface area (Å²) in [5.74, 6) is 1.30. The Morgan fingerprint density at radius 3 is 2.50 bits per heavy atom. The second-order valence-corrected chi connectivity index (χ2v) is 10.5. The number of anilines is 2. The first-order chi connectivity index (χ1) is 16.7. The number of fused-ring (bicyclic) bond motifs is 1. The van der Waals surface area contributed by atoms with Crippen LogP contribution in [0.15, 0.2) is 24.3 Å². The van der Waals surface area contributed by atoms with Gasteiger partial charge in [0.1, 0.15) is 5.69 Å². The topological polar surface area (TPSA) is 65.8 Å². The molecule has 2 fully saturated rings. The van der Waals surface area contributed by atoms with E-state index in [4.69, 9.17) is 10.1 Å². The Hall–Kier alpha value is -2.61. The van der Waals surface area contributed by atoms with E-state index in [-0.39, 0.29) is 5.91 Å². The summed E-state index contributed by atoms with van der Waals surface area (Å²) in [6.45, 7) is 7.50. The molecule has 1 saturated heterocycles. The molecule has 2 aliphatic rings. The summed E-state index contributed by atoms with van der Waals surface area (Å²) in [7, 11) is 0. The van der Waals surface area contributed by atoms with Gasteiger partial charge in [-0.3, -0.25) is 4.79 Å². The van der Waals surface area contributed by atoms with Crippen LogP contribution in [-0.4, -0.2) is 57.6 Å². The number of imidazole rings is 1. The highest BCUT2D eigenvalue weighted by Crippen LogP contribution is 2.35. The van der Waals surface area contributed by atoms with Gasteiger partial charge >= 0.3 is 0 Å². The minimum absolute atomic E-state index is 0.289. The maximum atomic E-state index is 12.4. The minimum atomic E-state index is 0.289. The zero-order chi connectivity index (χ0) is 23.5. The molecule has 182 valence electrons. The van der Waals surface area contributed by atoms with Crippen molar-refractivity contribution in [3.63, 3.8) is 0 Å². The van der Waals surface area contributed by atoms with E-state index in [0.717, 1.165) is 72.6 Å². The van der Waals surface area contributed by atoms with E-state index in [0.29, 0.717) is 12.5 Å². The predicted octanol–water partition coefficient (Wildman–Crippen LogP) is 5.21. The van der Waals surface area contributed by atoms with Crippen LogP contribution in [-0.2, 0) is 11.2 Å². The smallest absolute Gasteiger partial charge is 0.222 e. The third kappa shape index (κ3) is 4.78. The fraction of sp³-hybridized carbons (Fsp3) is 0.577. The molecule has 1 aliphatic carbocycles. The second kappa shape index (κ2) is 10.3. The van der Waals surface area contributed by atoms with Gasteiger partial charge in [-0.2, -0.15) is 4.52 Å². The maximum Gasteiger partial charge on any atom is 0.222 e. The van der Waals surface area contributed by atoms with Crippen molar-refractivity contribution < 1.29 is 4.79 Å². The van der Waals surface area contributed by atoms with Crippen LogP contribution in [0.1, 0.15) is 64.4 Å². The fourth-order valence-corrected chi connectivity index (χ4v) is 5.94. The number of nitrogens with one attached hydrogen (secondary N) is 1. The molecular weight excluding hydrogens is 444 g/mol. The first kappa shape index (κ1) is 23.1. The molecule has 1 aromatic carbocycles. The quantitative estimate of drug-likeness (QED) is 0.479. The molecule has 2 aromatic heterocycles. The van der Waals surface area contributed by atoms with Crippen LogP contribution in [0.2, 0.25) is 0 Å². The number of amides is 1. The lowest BCUT2D eigenvalue weighted by Crippen LogP contribution is -2.48. The Morgan fingerprint density at radius 2 is 1.82 bits per heavy atom. The number of carbonyl (C=O) groups excluding carboxylic acids is 1. The van der Waals surface area contributed by atoms with Crippen LogP contribution in [0.25, 0.3) is 16.2 Å². The van der Waals surface area contributed by atoms with Gasteiger partial charge in [0.15, 0.2) is 5.82 Å². The molecule has 1 amide bonds. The van der Waals surface area contributed by atoms with E-state index in [1.54, 1.807) is 11.3 Å². The van der Waals surface area contributed by atoms with E-state index in [2.05, 4.69) is 48.3 Å². The van der Waals surface area contributed by atoms with Crippen LogP contribution in [0.5, 0.6) is 0 Å². The van der Waals surface area contributed by atoms with Crippen LogP contribution >= 0.6 is 11.3 Å². The number of unbranched alkanes of at least 4 members (excludes halogenated alkanes) is 1. The summed E-state index contributed by atoms with van der Waals surface area (Å²) in [4.78, 5) is 22.7. The third-order valence-electron chi connectivity index (χ3n) is 7.17. The summed E-state index contributed by atoms with van der Waals surface area (Å²) >= 11 is 1.65. The molecule has 0 atom stereocenters. The molecule has 1 aliphatic heterocycles. The van der Waals surface area contributed by atoms with Gasteiger partial charge in [-0.25, -0.2) is 4.98 Å². The van der Waals surface area contributed by atoms with Crippen molar-refractivity contribution in [1.82, 2.24) is 19.5 Å². The van der Waals surface area contributed by atoms with Crippen LogP contribution in [0.4, 0.5) is 10.9 Å². The van der Waals surface area contributed by atoms with E-state index in [9.17, 15) is 4.79 Å². The van der Waals surface area contributed by atoms with Gasteiger partial charge < -0.3 is 15.1 Å². The molecule has 1 saturated carbocycles. The molecule has 34 heavy (non-hydrogen) atoms. The number of carbonyl (C=O) groups is 1. The second-order valence-electron chi connectivity index (χ2n) is 9.54. The first-order valence-corrected chi connectivity index (χ1v) is 13.8. The van der Waals surface area contributed by atoms with E-state index in [1.807, 2.05) is 9.42 Å². The average molecular weight is 481 g/mol. The van der Waals surface area contributed by atoms with Crippen molar-refractivity contribution in [3.05, 3.63) is 29.8 Å². The van der Waals surface area contributed by atoms with Crippen molar-refractivity contribution in [2.24, 2.45) is 0 Å².